The Hall–Kier alpha value is -0.610. The van der Waals surface area contributed by atoms with Crippen LogP contribution in [-0.4, -0.2) is 43.7 Å². The fourth-order valence-electron chi connectivity index (χ4n) is 3.71. The molecule has 2 saturated heterocycles. The zero-order valence-electron chi connectivity index (χ0n) is 13.1. The summed E-state index contributed by atoms with van der Waals surface area (Å²) in [7, 11) is 0. The van der Waals surface area contributed by atoms with Crippen LogP contribution in [-0.2, 0) is 9.53 Å². The number of nitrogens with zero attached hydrogens (tertiary/aromatic N) is 1. The Bertz CT molecular complexity index is 324. The van der Waals surface area contributed by atoms with Crippen molar-refractivity contribution < 1.29 is 9.53 Å². The molecule has 1 amide bonds. The summed E-state index contributed by atoms with van der Waals surface area (Å²) < 4.78 is 5.41. The molecule has 0 aromatic carbocycles. The number of piperidine rings is 1. The van der Waals surface area contributed by atoms with E-state index < -0.39 is 0 Å². The Balaban J connectivity index is 1.99. The summed E-state index contributed by atoms with van der Waals surface area (Å²) in [5, 5.41) is 0. The van der Waals surface area contributed by atoms with E-state index in [0.29, 0.717) is 31.6 Å². The van der Waals surface area contributed by atoms with Gasteiger partial charge >= 0.3 is 0 Å². The molecule has 0 radical (unpaired) electrons. The van der Waals surface area contributed by atoms with Crippen molar-refractivity contribution in [3.05, 3.63) is 0 Å². The third kappa shape index (κ3) is 3.53. The molecule has 20 heavy (non-hydrogen) atoms. The van der Waals surface area contributed by atoms with Crippen LogP contribution in [0, 0.1) is 17.3 Å². The van der Waals surface area contributed by atoms with Crippen LogP contribution in [0.1, 0.15) is 46.0 Å². The third-order valence-electron chi connectivity index (χ3n) is 4.91. The van der Waals surface area contributed by atoms with E-state index in [2.05, 4.69) is 18.7 Å². The maximum Gasteiger partial charge on any atom is 0.230 e. The maximum absolute atomic E-state index is 12.9. The van der Waals surface area contributed by atoms with Gasteiger partial charge in [0.2, 0.25) is 5.91 Å². The lowest BCUT2D eigenvalue weighted by molar-refractivity contribution is -0.149. The molecule has 2 aliphatic rings. The Morgan fingerprint density at radius 1 is 1.40 bits per heavy atom. The van der Waals surface area contributed by atoms with E-state index in [-0.39, 0.29) is 11.3 Å². The fraction of sp³-hybridized carbons (Fsp3) is 0.938. The first kappa shape index (κ1) is 15.8. The zero-order valence-corrected chi connectivity index (χ0v) is 13.1. The van der Waals surface area contributed by atoms with Crippen molar-refractivity contribution in [2.75, 3.05) is 32.8 Å². The van der Waals surface area contributed by atoms with Crippen LogP contribution in [0.15, 0.2) is 0 Å². The summed E-state index contributed by atoms with van der Waals surface area (Å²) in [5.74, 6) is 1.67. The second-order valence-electron chi connectivity index (χ2n) is 6.99. The molecule has 0 spiro atoms. The van der Waals surface area contributed by atoms with Gasteiger partial charge in [-0.25, -0.2) is 0 Å². The first-order chi connectivity index (χ1) is 9.57. The molecule has 4 nitrogen and oxygen atoms in total. The number of amides is 1. The Labute approximate surface area is 123 Å². The molecule has 0 unspecified atom stereocenters. The van der Waals surface area contributed by atoms with E-state index in [4.69, 9.17) is 10.5 Å². The van der Waals surface area contributed by atoms with Gasteiger partial charge in [-0.05, 0) is 43.9 Å². The predicted octanol–water partition coefficient (Wildman–Crippen LogP) is 2.03. The average molecular weight is 282 g/mol. The normalized spacial score (nSPS) is 26.8. The average Bonchev–Trinajstić information content (AvgIpc) is 2.47. The van der Waals surface area contributed by atoms with E-state index in [9.17, 15) is 4.79 Å². The van der Waals surface area contributed by atoms with Crippen molar-refractivity contribution in [2.45, 2.75) is 46.0 Å². The van der Waals surface area contributed by atoms with E-state index in [1.165, 1.54) is 12.8 Å². The zero-order chi connectivity index (χ0) is 14.6. The molecule has 0 aromatic heterocycles. The second kappa shape index (κ2) is 6.90. The lowest BCUT2D eigenvalue weighted by atomic mass is 9.78. The molecule has 0 saturated carbocycles. The van der Waals surface area contributed by atoms with Gasteiger partial charge in [0, 0.05) is 32.8 Å². The molecule has 0 aromatic rings. The molecule has 0 bridgehead atoms. The highest BCUT2D eigenvalue weighted by Gasteiger charge is 2.42. The third-order valence-corrected chi connectivity index (χ3v) is 4.91. The molecule has 1 atom stereocenters. The minimum absolute atomic E-state index is 0.289. The standard InChI is InChI=1S/C16H30N2O2/c1-13(2)10-14-4-3-7-18(11-14)15(19)16(12-17)5-8-20-9-6-16/h13-14H,3-12,17H2,1-2H3/t14-/m0/s1. The van der Waals surface area contributed by atoms with Gasteiger partial charge in [-0.2, -0.15) is 0 Å². The lowest BCUT2D eigenvalue weighted by Crippen LogP contribution is -2.53. The lowest BCUT2D eigenvalue weighted by Gasteiger charge is -2.42. The van der Waals surface area contributed by atoms with Crippen LogP contribution >= 0.6 is 0 Å². The van der Waals surface area contributed by atoms with Gasteiger partial charge < -0.3 is 15.4 Å². The number of nitrogens with two attached hydrogens (primary N) is 1. The highest BCUT2D eigenvalue weighted by atomic mass is 16.5. The number of ether oxygens (including phenoxy) is 1. The van der Waals surface area contributed by atoms with E-state index in [1.807, 2.05) is 0 Å². The summed E-state index contributed by atoms with van der Waals surface area (Å²) in [6.07, 6.45) is 5.20. The minimum Gasteiger partial charge on any atom is -0.381 e. The molecule has 2 heterocycles. The van der Waals surface area contributed by atoms with E-state index in [0.717, 1.165) is 32.4 Å². The van der Waals surface area contributed by atoms with Gasteiger partial charge in [0.15, 0.2) is 0 Å². The molecule has 2 aliphatic heterocycles. The van der Waals surface area contributed by atoms with Crippen molar-refractivity contribution in [3.8, 4) is 0 Å². The summed E-state index contributed by atoms with van der Waals surface area (Å²) in [6.45, 7) is 8.18. The van der Waals surface area contributed by atoms with E-state index >= 15 is 0 Å². The van der Waals surface area contributed by atoms with Crippen LogP contribution in [0.25, 0.3) is 0 Å². The molecule has 2 N–H and O–H groups in total. The highest BCUT2D eigenvalue weighted by Crippen LogP contribution is 2.34. The molecule has 2 fully saturated rings. The van der Waals surface area contributed by atoms with Crippen LogP contribution in [0.4, 0.5) is 0 Å². The number of hydrogen-bond donors (Lipinski definition) is 1. The molecule has 2 rings (SSSR count). The van der Waals surface area contributed by atoms with Crippen molar-refractivity contribution in [1.29, 1.82) is 0 Å². The minimum atomic E-state index is -0.349. The fourth-order valence-corrected chi connectivity index (χ4v) is 3.71. The van der Waals surface area contributed by atoms with Crippen molar-refractivity contribution >= 4 is 5.91 Å². The maximum atomic E-state index is 12.9. The van der Waals surface area contributed by atoms with Crippen molar-refractivity contribution in [2.24, 2.45) is 23.0 Å². The highest BCUT2D eigenvalue weighted by molar-refractivity contribution is 5.83. The monoisotopic (exact) mass is 282 g/mol. The van der Waals surface area contributed by atoms with Crippen molar-refractivity contribution in [1.82, 2.24) is 4.90 Å². The smallest absolute Gasteiger partial charge is 0.230 e. The summed E-state index contributed by atoms with van der Waals surface area (Å²) in [6, 6.07) is 0. The molecular weight excluding hydrogens is 252 g/mol. The second-order valence-corrected chi connectivity index (χ2v) is 6.99. The van der Waals surface area contributed by atoms with E-state index in [1.54, 1.807) is 0 Å². The molecular formula is C16H30N2O2. The van der Waals surface area contributed by atoms with Gasteiger partial charge in [0.1, 0.15) is 0 Å². The number of likely N-dealkylation sites (tertiary alicyclic amines) is 1. The molecule has 116 valence electrons. The largest absolute Gasteiger partial charge is 0.381 e. The summed E-state index contributed by atoms with van der Waals surface area (Å²) in [5.41, 5.74) is 5.61. The van der Waals surface area contributed by atoms with Crippen LogP contribution in [0.2, 0.25) is 0 Å². The quantitative estimate of drug-likeness (QED) is 0.858. The van der Waals surface area contributed by atoms with Crippen LogP contribution in [0.3, 0.4) is 0 Å². The SMILES string of the molecule is CC(C)C[C@@H]1CCCN(C(=O)C2(CN)CCOCC2)C1. The van der Waals surface area contributed by atoms with Gasteiger partial charge in [-0.15, -0.1) is 0 Å². The molecule has 4 heteroatoms. The van der Waals surface area contributed by atoms with Gasteiger partial charge in [0.05, 0.1) is 5.41 Å². The number of carbonyl (C=O) groups is 1. The number of rotatable bonds is 4. The first-order valence-corrected chi connectivity index (χ1v) is 8.14. The Kier molecular flexibility index (Phi) is 5.44. The van der Waals surface area contributed by atoms with Crippen LogP contribution in [0.5, 0.6) is 0 Å². The van der Waals surface area contributed by atoms with Crippen molar-refractivity contribution in [3.63, 3.8) is 0 Å². The number of carbonyl (C=O) groups excluding carboxylic acids is 1. The first-order valence-electron chi connectivity index (χ1n) is 8.14. The Morgan fingerprint density at radius 2 is 2.10 bits per heavy atom. The number of hydrogen-bond acceptors (Lipinski definition) is 3. The summed E-state index contributed by atoms with van der Waals surface area (Å²) >= 11 is 0. The van der Waals surface area contributed by atoms with Gasteiger partial charge in [-0.3, -0.25) is 4.79 Å². The van der Waals surface area contributed by atoms with Gasteiger partial charge in [0.25, 0.3) is 0 Å². The molecule has 0 aliphatic carbocycles. The topological polar surface area (TPSA) is 55.6 Å². The summed E-state index contributed by atoms with van der Waals surface area (Å²) in [4.78, 5) is 15.0. The predicted molar refractivity (Wildman–Crippen MR) is 80.3 cm³/mol. The Morgan fingerprint density at radius 3 is 2.70 bits per heavy atom. The van der Waals surface area contributed by atoms with Crippen LogP contribution < -0.4 is 5.73 Å². The van der Waals surface area contributed by atoms with Gasteiger partial charge in [-0.1, -0.05) is 13.8 Å².